The largest absolute Gasteiger partial charge is 0.741 e. The van der Waals surface area contributed by atoms with Gasteiger partial charge >= 0.3 is 17.0 Å². The van der Waals surface area contributed by atoms with E-state index in [2.05, 4.69) is 0 Å². The summed E-state index contributed by atoms with van der Waals surface area (Å²) in [5.74, 6) is 0. The molecule has 0 saturated heterocycles. The van der Waals surface area contributed by atoms with Gasteiger partial charge in [-0.05, 0) is 0 Å². The Hall–Kier alpha value is -0.290. The molecule has 0 saturated carbocycles. The van der Waals surface area contributed by atoms with Crippen LogP contribution in [0.5, 0.6) is 0 Å². The topological polar surface area (TPSA) is 60.2 Å². The molecule has 0 spiro atoms. The van der Waals surface area contributed by atoms with Crippen LogP contribution in [0.15, 0.2) is 0 Å². The molecule has 0 unspecified atom stereocenters. The van der Waals surface area contributed by atoms with Gasteiger partial charge in [-0.25, -0.2) is 8.42 Å². The van der Waals surface area contributed by atoms with Crippen molar-refractivity contribution < 1.29 is 37.9 Å². The van der Waals surface area contributed by atoms with Crippen LogP contribution in [-0.2, 0) is 21.6 Å². The van der Waals surface area contributed by atoms with Crippen molar-refractivity contribution in [2.75, 3.05) is 14.1 Å². The highest BCUT2D eigenvalue weighted by molar-refractivity contribution is 7.86. The van der Waals surface area contributed by atoms with Gasteiger partial charge in [-0.3, -0.25) is 0 Å². The molecule has 0 fully saturated rings. The number of hydrogen-bond donors (Lipinski definition) is 0. The van der Waals surface area contributed by atoms with Crippen LogP contribution in [0.3, 0.4) is 0 Å². The lowest BCUT2D eigenvalue weighted by molar-refractivity contribution is -0.442. The van der Waals surface area contributed by atoms with E-state index in [1.807, 2.05) is 0 Å². The third kappa shape index (κ3) is 8.31. The Morgan fingerprint density at radius 1 is 1.21 bits per heavy atom. The zero-order chi connectivity index (χ0) is 12.2. The summed E-state index contributed by atoms with van der Waals surface area (Å²) in [7, 11) is -3.42. The molecule has 0 aromatic carbocycles. The quantitative estimate of drug-likeness (QED) is 0.282. The van der Waals surface area contributed by atoms with E-state index in [4.69, 9.17) is 13.0 Å². The Labute approximate surface area is 79.8 Å². The van der Waals surface area contributed by atoms with Crippen LogP contribution in [0.4, 0.5) is 20.9 Å². The van der Waals surface area contributed by atoms with Gasteiger partial charge in [0.05, 0.1) is 0 Å². The number of hydrogen-bond acceptors (Lipinski definition) is 3. The molecule has 0 bridgehead atoms. The van der Waals surface area contributed by atoms with Gasteiger partial charge in [0, 0.05) is 0 Å². The molecule has 0 N–H and O–H groups in total. The first-order chi connectivity index (χ1) is 5.89. The zero-order valence-corrected chi connectivity index (χ0v) is 8.51. The maximum Gasteiger partial charge on any atom is 0.485 e. The van der Waals surface area contributed by atoms with E-state index in [0.29, 0.717) is 0 Å². The maximum absolute atomic E-state index is 11.1. The molecular weight excluding hydrogens is 257 g/mol. The van der Waals surface area contributed by atoms with Crippen molar-refractivity contribution in [1.29, 1.82) is 0 Å². The van der Waals surface area contributed by atoms with E-state index in [-0.39, 0.29) is 0 Å². The summed E-state index contributed by atoms with van der Waals surface area (Å²) in [6.07, 6.45) is 0. The summed E-state index contributed by atoms with van der Waals surface area (Å²) in [4.78, 5) is 0. The van der Waals surface area contributed by atoms with Crippen molar-refractivity contribution in [2.45, 2.75) is 5.51 Å². The molecule has 0 amide bonds. The van der Waals surface area contributed by atoms with Crippen LogP contribution >= 0.6 is 0 Å². The molecule has 0 radical (unpaired) electrons. The van der Waals surface area contributed by atoms with E-state index in [1.165, 1.54) is 14.1 Å². The predicted molar refractivity (Wildman–Crippen MR) is 37.4 cm³/mol. The second kappa shape index (κ2) is 5.56. The number of halogens is 5. The lowest BCUT2D eigenvalue weighted by Crippen LogP contribution is -2.21. The highest BCUT2D eigenvalue weighted by Crippen LogP contribution is 2.20. The van der Waals surface area contributed by atoms with E-state index < -0.39 is 27.1 Å². The number of nitrogens with zero attached hydrogens (tertiary/aromatic N) is 1. The molecule has 14 heavy (non-hydrogen) atoms. The first-order valence-corrected chi connectivity index (χ1v) is 5.05. The van der Waals surface area contributed by atoms with E-state index in [9.17, 15) is 20.9 Å². The van der Waals surface area contributed by atoms with E-state index in [0.717, 1.165) is 3.95 Å². The Bertz CT molecular complexity index is 289. The second-order valence-corrected chi connectivity index (χ2v) is 4.40. The fraction of sp³-hybridized carbons (Fsp3) is 1.00. The monoisotopic (exact) mass is 263 g/mol. The minimum Gasteiger partial charge on any atom is -0.741 e. The molecule has 0 rings (SSSR count). The van der Waals surface area contributed by atoms with Crippen molar-refractivity contribution >= 4 is 21.6 Å². The Morgan fingerprint density at radius 3 is 1.36 bits per heavy atom. The molecule has 88 valence electrons. The normalized spacial score (nSPS) is 12.1. The molecule has 0 aliphatic rings. The van der Waals surface area contributed by atoms with Crippen LogP contribution in [0.25, 0.3) is 0 Å². The molecule has 0 aromatic rings. The summed E-state index contributed by atoms with van der Waals surface area (Å²) >= 11 is -2.53. The van der Waals surface area contributed by atoms with Gasteiger partial charge in [-0.15, -0.1) is 0 Å². The maximum atomic E-state index is 11.1. The Balaban J connectivity index is 0. The van der Waals surface area contributed by atoms with Gasteiger partial charge in [-0.2, -0.15) is 17.1 Å². The average molecular weight is 263 g/mol. The zero-order valence-electron chi connectivity index (χ0n) is 6.88. The minimum absolute atomic E-state index is 0.861. The SMILES string of the molecule is C[N+](C)=S(F)F.O=S(=O)([O-])C(F)(F)F. The van der Waals surface area contributed by atoms with Crippen LogP contribution in [0.1, 0.15) is 0 Å². The summed E-state index contributed by atoms with van der Waals surface area (Å²) in [5, 5.41) is 0. The predicted octanol–water partition coefficient (Wildman–Crippen LogP) is 0.881. The molecule has 0 aromatic heterocycles. The molecular formula is C3H6F5NO3S2. The fourth-order valence-electron chi connectivity index (χ4n) is 0. The minimum atomic E-state index is -6.09. The Morgan fingerprint density at radius 2 is 1.36 bits per heavy atom. The van der Waals surface area contributed by atoms with Gasteiger partial charge in [0.25, 0.3) is 0 Å². The highest BCUT2D eigenvalue weighted by atomic mass is 32.2. The molecule has 0 atom stereocenters. The number of alkyl halides is 3. The smallest absolute Gasteiger partial charge is 0.485 e. The van der Waals surface area contributed by atoms with E-state index >= 15 is 0 Å². The third-order valence-electron chi connectivity index (χ3n) is 0.559. The summed E-state index contributed by atoms with van der Waals surface area (Å²) in [5.41, 5.74) is -5.65. The molecule has 0 aliphatic carbocycles. The second-order valence-electron chi connectivity index (χ2n) is 1.91. The first-order valence-electron chi connectivity index (χ1n) is 2.66. The van der Waals surface area contributed by atoms with Crippen molar-refractivity contribution in [3.63, 3.8) is 0 Å². The fourth-order valence-corrected chi connectivity index (χ4v) is 0. The average Bonchev–Trinajstić information content (AvgIpc) is 1.83. The summed E-state index contributed by atoms with van der Waals surface area (Å²) < 4.78 is 82.0. The van der Waals surface area contributed by atoms with Crippen molar-refractivity contribution in [1.82, 2.24) is 0 Å². The van der Waals surface area contributed by atoms with E-state index in [1.54, 1.807) is 0 Å². The van der Waals surface area contributed by atoms with Crippen molar-refractivity contribution in [3.05, 3.63) is 0 Å². The van der Waals surface area contributed by atoms with Crippen molar-refractivity contribution in [3.8, 4) is 0 Å². The van der Waals surface area contributed by atoms with Gasteiger partial charge in [0.2, 0.25) is 0 Å². The standard InChI is InChI=1S/C2H6F2NS.CHF3O3S/c1-5(2)6(3)4;2-1(3,4)8(5,6)7/h1-2H3;(H,5,6,7)/q+1;/p-1. The van der Waals surface area contributed by atoms with Crippen LogP contribution < -0.4 is 0 Å². The molecule has 0 heterocycles. The van der Waals surface area contributed by atoms with Crippen molar-refractivity contribution in [2.24, 2.45) is 0 Å². The van der Waals surface area contributed by atoms with Crippen LogP contribution in [-0.4, -0.2) is 36.5 Å². The molecule has 4 nitrogen and oxygen atoms in total. The lowest BCUT2D eigenvalue weighted by Gasteiger charge is -2.08. The summed E-state index contributed by atoms with van der Waals surface area (Å²) in [6.45, 7) is 0. The Kier molecular flexibility index (Phi) is 6.41. The third-order valence-corrected chi connectivity index (χ3v) is 1.68. The van der Waals surface area contributed by atoms with Gasteiger partial charge < -0.3 is 4.55 Å². The van der Waals surface area contributed by atoms with Gasteiger partial charge in [0.1, 0.15) is 14.1 Å². The highest BCUT2D eigenvalue weighted by Gasteiger charge is 2.36. The van der Waals surface area contributed by atoms with Gasteiger partial charge in [0.15, 0.2) is 10.1 Å². The first kappa shape index (κ1) is 16.2. The van der Waals surface area contributed by atoms with Crippen LogP contribution in [0.2, 0.25) is 0 Å². The number of rotatable bonds is 0. The molecule has 0 aliphatic heterocycles. The summed E-state index contributed by atoms with van der Waals surface area (Å²) in [6, 6.07) is 0. The lowest BCUT2D eigenvalue weighted by atomic mass is 11.3. The molecule has 11 heteroatoms. The van der Waals surface area contributed by atoms with Gasteiger partial charge in [-0.1, -0.05) is 7.77 Å². The van der Waals surface area contributed by atoms with Crippen LogP contribution in [0, 0.1) is 0 Å².